The van der Waals surface area contributed by atoms with E-state index >= 15 is 0 Å². The highest BCUT2D eigenvalue weighted by Crippen LogP contribution is 2.32. The lowest BCUT2D eigenvalue weighted by atomic mass is 10.2. The largest absolute Gasteiger partial charge is 0.349 e. The van der Waals surface area contributed by atoms with Crippen LogP contribution in [0.3, 0.4) is 0 Å². The molecule has 0 aliphatic rings. The van der Waals surface area contributed by atoms with Crippen LogP contribution in [-0.2, 0) is 0 Å². The van der Waals surface area contributed by atoms with Gasteiger partial charge in [0.1, 0.15) is 11.6 Å². The Morgan fingerprint density at radius 2 is 2.00 bits per heavy atom. The van der Waals surface area contributed by atoms with Crippen LogP contribution in [0.5, 0.6) is 0 Å². The van der Waals surface area contributed by atoms with Crippen molar-refractivity contribution in [3.8, 4) is 6.07 Å². The molecule has 2 aromatic carbocycles. The number of hydrogen-bond acceptors (Lipinski definition) is 4. The van der Waals surface area contributed by atoms with Crippen molar-refractivity contribution in [3.05, 3.63) is 64.2 Å². The summed E-state index contributed by atoms with van der Waals surface area (Å²) < 4.78 is 0. The van der Waals surface area contributed by atoms with E-state index in [9.17, 15) is 10.1 Å². The smallest absolute Gasteiger partial charge is 0.287 e. The number of para-hydroxylation sites is 1. The van der Waals surface area contributed by atoms with E-state index in [4.69, 9.17) is 5.26 Å². The van der Waals surface area contributed by atoms with Gasteiger partial charge in [0.2, 0.25) is 0 Å². The van der Waals surface area contributed by atoms with Crippen molar-refractivity contribution in [3.63, 3.8) is 0 Å². The first-order valence-corrected chi connectivity index (χ1v) is 6.93. The first-order chi connectivity index (χ1) is 10.2. The molecule has 0 aliphatic heterocycles. The van der Waals surface area contributed by atoms with Gasteiger partial charge in [-0.15, -0.1) is 0 Å². The van der Waals surface area contributed by atoms with Crippen LogP contribution in [0.4, 0.5) is 5.69 Å². The minimum Gasteiger partial charge on any atom is -0.349 e. The van der Waals surface area contributed by atoms with E-state index in [1.165, 1.54) is 23.9 Å². The Labute approximate surface area is 124 Å². The fourth-order valence-corrected chi connectivity index (χ4v) is 2.97. The molecule has 0 spiro atoms. The van der Waals surface area contributed by atoms with Gasteiger partial charge in [-0.05, 0) is 24.3 Å². The van der Waals surface area contributed by atoms with Crippen molar-refractivity contribution in [2.75, 3.05) is 0 Å². The highest BCUT2D eigenvalue weighted by molar-refractivity contribution is 7.99. The Morgan fingerprint density at radius 1 is 1.19 bits per heavy atom. The van der Waals surface area contributed by atoms with Crippen molar-refractivity contribution in [2.45, 2.75) is 9.92 Å². The fourth-order valence-electron chi connectivity index (χ4n) is 2.06. The summed E-state index contributed by atoms with van der Waals surface area (Å²) in [7, 11) is 0. The molecule has 1 heterocycles. The van der Waals surface area contributed by atoms with Crippen LogP contribution in [0.2, 0.25) is 0 Å². The number of aromatic amines is 1. The number of nitrogens with zero attached hydrogens (tertiary/aromatic N) is 2. The number of nitro groups is 1. The van der Waals surface area contributed by atoms with E-state index in [2.05, 4.69) is 4.98 Å². The molecular formula is C15H9N3O2S. The average Bonchev–Trinajstić information content (AvgIpc) is 2.88. The average molecular weight is 295 g/mol. The number of benzene rings is 2. The van der Waals surface area contributed by atoms with Gasteiger partial charge in [0.05, 0.1) is 9.95 Å². The molecular weight excluding hydrogens is 286 g/mol. The normalized spacial score (nSPS) is 10.4. The Bertz CT molecular complexity index is 847. The quantitative estimate of drug-likeness (QED) is 0.582. The molecule has 3 aromatic rings. The monoisotopic (exact) mass is 295 g/mol. The zero-order valence-corrected chi connectivity index (χ0v) is 11.6. The number of hydrogen-bond donors (Lipinski definition) is 1. The second-order valence-electron chi connectivity index (χ2n) is 4.37. The number of nitro benzene ring substituents is 1. The summed E-state index contributed by atoms with van der Waals surface area (Å²) in [6.07, 6.45) is 0. The number of H-pyrrole nitrogens is 1. The first kappa shape index (κ1) is 13.2. The molecule has 5 nitrogen and oxygen atoms in total. The van der Waals surface area contributed by atoms with Crippen molar-refractivity contribution >= 4 is 28.4 Å². The Kier molecular flexibility index (Phi) is 3.34. The lowest BCUT2D eigenvalue weighted by Crippen LogP contribution is -1.92. The Balaban J connectivity index is 1.94. The third-order valence-electron chi connectivity index (χ3n) is 3.02. The highest BCUT2D eigenvalue weighted by Gasteiger charge is 2.14. The lowest BCUT2D eigenvalue weighted by molar-refractivity contribution is -0.385. The lowest BCUT2D eigenvalue weighted by Gasteiger charge is -2.00. The summed E-state index contributed by atoms with van der Waals surface area (Å²) in [4.78, 5) is 14.3. The summed E-state index contributed by atoms with van der Waals surface area (Å²) in [6, 6.07) is 16.3. The molecule has 0 saturated heterocycles. The molecule has 0 aliphatic carbocycles. The zero-order valence-electron chi connectivity index (χ0n) is 10.7. The summed E-state index contributed by atoms with van der Waals surface area (Å²) >= 11 is 1.43. The number of nitrogens with one attached hydrogen (secondary N) is 1. The summed E-state index contributed by atoms with van der Waals surface area (Å²) in [5, 5.41) is 21.8. The highest BCUT2D eigenvalue weighted by atomic mass is 32.2. The maximum Gasteiger partial charge on any atom is 0.287 e. The van der Waals surface area contributed by atoms with Crippen molar-refractivity contribution in [1.29, 1.82) is 5.26 Å². The van der Waals surface area contributed by atoms with Gasteiger partial charge in [-0.1, -0.05) is 30.0 Å². The minimum atomic E-state index is -0.546. The molecule has 0 unspecified atom stereocenters. The number of rotatable bonds is 3. The Hall–Kier alpha value is -2.78. The van der Waals surface area contributed by atoms with Crippen LogP contribution < -0.4 is 0 Å². The van der Waals surface area contributed by atoms with E-state index in [1.54, 1.807) is 6.07 Å². The SMILES string of the molecule is N#Cc1cc(Sc2cc3ccccc3[nH]2)ccc1[N+](=O)[O-]. The van der Waals surface area contributed by atoms with Crippen LogP contribution >= 0.6 is 11.8 Å². The van der Waals surface area contributed by atoms with Gasteiger partial charge in [-0.25, -0.2) is 0 Å². The first-order valence-electron chi connectivity index (χ1n) is 6.11. The third kappa shape index (κ3) is 2.59. The number of aromatic nitrogens is 1. The van der Waals surface area contributed by atoms with Gasteiger partial charge in [-0.2, -0.15) is 5.26 Å². The summed E-state index contributed by atoms with van der Waals surface area (Å²) in [5.74, 6) is 0. The summed E-state index contributed by atoms with van der Waals surface area (Å²) in [6.45, 7) is 0. The van der Waals surface area contributed by atoms with Crippen LogP contribution in [0.15, 0.2) is 58.5 Å². The molecule has 6 heteroatoms. The van der Waals surface area contributed by atoms with E-state index in [0.717, 1.165) is 20.8 Å². The van der Waals surface area contributed by atoms with Crippen molar-refractivity contribution < 1.29 is 4.92 Å². The molecule has 1 aromatic heterocycles. The van der Waals surface area contributed by atoms with Gasteiger partial charge < -0.3 is 4.98 Å². The van der Waals surface area contributed by atoms with Gasteiger partial charge in [0, 0.05) is 21.9 Å². The molecule has 0 saturated carbocycles. The molecule has 21 heavy (non-hydrogen) atoms. The van der Waals surface area contributed by atoms with Gasteiger partial charge in [0.25, 0.3) is 5.69 Å². The zero-order chi connectivity index (χ0) is 14.8. The Morgan fingerprint density at radius 3 is 2.71 bits per heavy atom. The second-order valence-corrected chi connectivity index (χ2v) is 5.49. The van der Waals surface area contributed by atoms with Gasteiger partial charge in [0.15, 0.2) is 0 Å². The van der Waals surface area contributed by atoms with Gasteiger partial charge in [-0.3, -0.25) is 10.1 Å². The molecule has 1 N–H and O–H groups in total. The van der Waals surface area contributed by atoms with Crippen molar-refractivity contribution in [1.82, 2.24) is 4.98 Å². The van der Waals surface area contributed by atoms with E-state index in [-0.39, 0.29) is 11.3 Å². The third-order valence-corrected chi connectivity index (χ3v) is 3.95. The minimum absolute atomic E-state index is 0.0705. The maximum atomic E-state index is 10.8. The van der Waals surface area contributed by atoms with E-state index in [1.807, 2.05) is 36.4 Å². The standard InChI is InChI=1S/C15H9N3O2S/c16-9-11-7-12(5-6-14(11)18(19)20)21-15-8-10-3-1-2-4-13(10)17-15/h1-8,17H. The molecule has 0 bridgehead atoms. The molecule has 3 rings (SSSR count). The second kappa shape index (κ2) is 5.31. The summed E-state index contributed by atoms with van der Waals surface area (Å²) in [5.41, 5.74) is 0.932. The number of fused-ring (bicyclic) bond motifs is 1. The van der Waals surface area contributed by atoms with E-state index in [0.29, 0.717) is 0 Å². The molecule has 0 fully saturated rings. The van der Waals surface area contributed by atoms with Gasteiger partial charge >= 0.3 is 0 Å². The van der Waals surface area contributed by atoms with Crippen LogP contribution in [0.1, 0.15) is 5.56 Å². The van der Waals surface area contributed by atoms with Crippen LogP contribution in [0.25, 0.3) is 10.9 Å². The van der Waals surface area contributed by atoms with E-state index < -0.39 is 4.92 Å². The molecule has 102 valence electrons. The van der Waals surface area contributed by atoms with Crippen molar-refractivity contribution in [2.24, 2.45) is 0 Å². The maximum absolute atomic E-state index is 10.8. The van der Waals surface area contributed by atoms with Crippen LogP contribution in [0, 0.1) is 21.4 Å². The topological polar surface area (TPSA) is 82.7 Å². The molecule has 0 atom stereocenters. The molecule has 0 amide bonds. The number of nitriles is 1. The van der Waals surface area contributed by atoms with Crippen LogP contribution in [-0.4, -0.2) is 9.91 Å². The predicted molar refractivity (Wildman–Crippen MR) is 80.2 cm³/mol. The predicted octanol–water partition coefficient (Wildman–Crippen LogP) is 4.10. The molecule has 0 radical (unpaired) electrons. The fraction of sp³-hybridized carbons (Fsp3) is 0.